The van der Waals surface area contributed by atoms with Crippen molar-refractivity contribution in [3.63, 3.8) is 0 Å². The Hall–Kier alpha value is -1.66. The van der Waals surface area contributed by atoms with Crippen molar-refractivity contribution in [2.75, 3.05) is 20.1 Å². The van der Waals surface area contributed by atoms with Crippen LogP contribution in [0.5, 0.6) is 0 Å². The summed E-state index contributed by atoms with van der Waals surface area (Å²) in [7, 11) is 1.99. The predicted molar refractivity (Wildman–Crippen MR) is 71.5 cm³/mol. The Morgan fingerprint density at radius 3 is 2.84 bits per heavy atom. The molecule has 0 spiro atoms. The van der Waals surface area contributed by atoms with Crippen LogP contribution < -0.4 is 5.32 Å². The van der Waals surface area contributed by atoms with Crippen molar-refractivity contribution in [1.29, 1.82) is 0 Å². The van der Waals surface area contributed by atoms with E-state index < -0.39 is 4.92 Å². The van der Waals surface area contributed by atoms with Crippen LogP contribution in [0.3, 0.4) is 0 Å². The maximum Gasteiger partial charge on any atom is 0.287 e. The van der Waals surface area contributed by atoms with E-state index in [1.165, 1.54) is 18.2 Å². The highest BCUT2D eigenvalue weighted by Gasteiger charge is 2.22. The third-order valence-electron chi connectivity index (χ3n) is 3.13. The first-order valence-electron chi connectivity index (χ1n) is 5.90. The van der Waals surface area contributed by atoms with Gasteiger partial charge in [-0.15, -0.1) is 0 Å². The summed E-state index contributed by atoms with van der Waals surface area (Å²) in [6.07, 6.45) is 0.906. The van der Waals surface area contributed by atoms with Gasteiger partial charge >= 0.3 is 0 Å². The van der Waals surface area contributed by atoms with Gasteiger partial charge in [0.1, 0.15) is 5.02 Å². The summed E-state index contributed by atoms with van der Waals surface area (Å²) < 4.78 is 0. The van der Waals surface area contributed by atoms with Gasteiger partial charge in [0.15, 0.2) is 0 Å². The molecule has 0 aromatic heterocycles. The number of nitrogens with one attached hydrogen (secondary N) is 1. The average molecular weight is 284 g/mol. The minimum atomic E-state index is -0.573. The maximum absolute atomic E-state index is 12.0. The van der Waals surface area contributed by atoms with Crippen LogP contribution in [0.25, 0.3) is 0 Å². The number of carbonyl (C=O) groups excluding carboxylic acids is 1. The molecule has 2 rings (SSSR count). The number of carbonyl (C=O) groups is 1. The van der Waals surface area contributed by atoms with Crippen LogP contribution in [0.1, 0.15) is 16.8 Å². The third kappa shape index (κ3) is 3.21. The van der Waals surface area contributed by atoms with Gasteiger partial charge < -0.3 is 10.2 Å². The van der Waals surface area contributed by atoms with Crippen LogP contribution in [0, 0.1) is 10.1 Å². The Kier molecular flexibility index (Phi) is 4.01. The Labute approximate surface area is 115 Å². The van der Waals surface area contributed by atoms with E-state index in [1.807, 2.05) is 7.05 Å². The Morgan fingerprint density at radius 1 is 1.58 bits per heavy atom. The van der Waals surface area contributed by atoms with E-state index in [0.29, 0.717) is 5.56 Å². The van der Waals surface area contributed by atoms with Gasteiger partial charge in [0, 0.05) is 24.2 Å². The van der Waals surface area contributed by atoms with Crippen molar-refractivity contribution in [1.82, 2.24) is 10.2 Å². The second kappa shape index (κ2) is 5.54. The molecule has 1 aliphatic heterocycles. The number of amides is 1. The maximum atomic E-state index is 12.0. The second-order valence-corrected chi connectivity index (χ2v) is 5.05. The molecule has 6 nitrogen and oxygen atoms in total. The second-order valence-electron chi connectivity index (χ2n) is 4.64. The summed E-state index contributed by atoms with van der Waals surface area (Å²) in [6.45, 7) is 1.76. The van der Waals surface area contributed by atoms with E-state index in [2.05, 4.69) is 10.2 Å². The van der Waals surface area contributed by atoms with Crippen LogP contribution in [0.2, 0.25) is 5.02 Å². The smallest absolute Gasteiger partial charge is 0.287 e. The van der Waals surface area contributed by atoms with Gasteiger partial charge in [-0.1, -0.05) is 11.6 Å². The molecule has 1 unspecified atom stereocenters. The Bertz CT molecular complexity index is 521. The highest BCUT2D eigenvalue weighted by Crippen LogP contribution is 2.25. The van der Waals surface area contributed by atoms with Crippen LogP contribution >= 0.6 is 11.6 Å². The Balaban J connectivity index is 2.07. The van der Waals surface area contributed by atoms with Crippen molar-refractivity contribution in [2.24, 2.45) is 0 Å². The highest BCUT2D eigenvalue weighted by molar-refractivity contribution is 6.33. The van der Waals surface area contributed by atoms with Crippen LogP contribution in [-0.4, -0.2) is 41.9 Å². The molecule has 1 aromatic carbocycles. The van der Waals surface area contributed by atoms with E-state index in [9.17, 15) is 14.9 Å². The zero-order valence-electron chi connectivity index (χ0n) is 10.4. The molecular formula is C12H14ClN3O3. The third-order valence-corrected chi connectivity index (χ3v) is 3.44. The molecular weight excluding hydrogens is 270 g/mol. The number of halogens is 1. The largest absolute Gasteiger partial charge is 0.348 e. The zero-order chi connectivity index (χ0) is 14.0. The summed E-state index contributed by atoms with van der Waals surface area (Å²) in [6, 6.07) is 4.11. The van der Waals surface area contributed by atoms with Crippen LogP contribution in [-0.2, 0) is 0 Å². The number of hydrogen-bond donors (Lipinski definition) is 1. The molecule has 7 heteroatoms. The topological polar surface area (TPSA) is 75.5 Å². The van der Waals surface area contributed by atoms with E-state index in [-0.39, 0.29) is 22.7 Å². The predicted octanol–water partition coefficient (Wildman–Crippen LogP) is 1.68. The molecule has 1 N–H and O–H groups in total. The normalized spacial score (nSPS) is 19.4. The fraction of sp³-hybridized carbons (Fsp3) is 0.417. The number of nitrogens with zero attached hydrogens (tertiary/aromatic N) is 2. The van der Waals surface area contributed by atoms with Crippen molar-refractivity contribution in [2.45, 2.75) is 12.5 Å². The lowest BCUT2D eigenvalue weighted by Crippen LogP contribution is -2.36. The summed E-state index contributed by atoms with van der Waals surface area (Å²) in [5.41, 5.74) is 0.143. The molecule has 1 aliphatic rings. The molecule has 0 bridgehead atoms. The number of likely N-dealkylation sites (tertiary alicyclic amines) is 1. The minimum Gasteiger partial charge on any atom is -0.348 e. The molecule has 0 radical (unpaired) electrons. The Morgan fingerprint density at radius 2 is 2.32 bits per heavy atom. The molecule has 1 fully saturated rings. The van der Waals surface area contributed by atoms with E-state index in [4.69, 9.17) is 11.6 Å². The van der Waals surface area contributed by atoms with Gasteiger partial charge in [-0.25, -0.2) is 0 Å². The summed E-state index contributed by atoms with van der Waals surface area (Å²) >= 11 is 5.78. The van der Waals surface area contributed by atoms with Gasteiger partial charge in [0.2, 0.25) is 0 Å². The van der Waals surface area contributed by atoms with Gasteiger partial charge in [0.05, 0.1) is 4.92 Å². The standard InChI is InChI=1S/C12H14ClN3O3/c1-15-5-4-9(7-15)14-12(17)8-2-3-11(16(18)19)10(13)6-8/h2-3,6,9H,4-5,7H2,1H3,(H,14,17). The summed E-state index contributed by atoms with van der Waals surface area (Å²) in [5, 5.41) is 13.5. The lowest BCUT2D eigenvalue weighted by molar-refractivity contribution is -0.384. The number of rotatable bonds is 3. The number of benzene rings is 1. The van der Waals surface area contributed by atoms with E-state index in [1.54, 1.807) is 0 Å². The molecule has 102 valence electrons. The molecule has 1 amide bonds. The molecule has 1 saturated heterocycles. The number of nitro benzene ring substituents is 1. The molecule has 0 saturated carbocycles. The quantitative estimate of drug-likeness (QED) is 0.676. The lowest BCUT2D eigenvalue weighted by Gasteiger charge is -2.12. The number of hydrogen-bond acceptors (Lipinski definition) is 4. The SMILES string of the molecule is CN1CCC(NC(=O)c2ccc([N+](=O)[O-])c(Cl)c2)C1. The molecule has 1 heterocycles. The van der Waals surface area contributed by atoms with Crippen molar-refractivity contribution >= 4 is 23.2 Å². The van der Waals surface area contributed by atoms with Crippen LogP contribution in [0.4, 0.5) is 5.69 Å². The van der Waals surface area contributed by atoms with E-state index in [0.717, 1.165) is 19.5 Å². The summed E-state index contributed by atoms with van der Waals surface area (Å²) in [4.78, 5) is 24.2. The summed E-state index contributed by atoms with van der Waals surface area (Å²) in [5.74, 6) is -0.253. The van der Waals surface area contributed by atoms with Gasteiger partial charge in [-0.05, 0) is 32.1 Å². The number of nitro groups is 1. The fourth-order valence-corrected chi connectivity index (χ4v) is 2.37. The van der Waals surface area contributed by atoms with Gasteiger partial charge in [-0.2, -0.15) is 0 Å². The molecule has 1 atom stereocenters. The van der Waals surface area contributed by atoms with Gasteiger partial charge in [-0.3, -0.25) is 14.9 Å². The first-order chi connectivity index (χ1) is 8.97. The fourth-order valence-electron chi connectivity index (χ4n) is 2.12. The average Bonchev–Trinajstić information content (AvgIpc) is 2.74. The number of likely N-dealkylation sites (N-methyl/N-ethyl adjacent to an activating group) is 1. The van der Waals surface area contributed by atoms with E-state index >= 15 is 0 Å². The van der Waals surface area contributed by atoms with Crippen molar-refractivity contribution in [3.8, 4) is 0 Å². The highest BCUT2D eigenvalue weighted by atomic mass is 35.5. The van der Waals surface area contributed by atoms with Crippen LogP contribution in [0.15, 0.2) is 18.2 Å². The molecule has 1 aromatic rings. The molecule has 19 heavy (non-hydrogen) atoms. The minimum absolute atomic E-state index is 0.0267. The lowest BCUT2D eigenvalue weighted by atomic mass is 10.1. The first-order valence-corrected chi connectivity index (χ1v) is 6.28. The molecule has 0 aliphatic carbocycles. The first kappa shape index (κ1) is 13.8. The van der Waals surface area contributed by atoms with Crippen molar-refractivity contribution < 1.29 is 9.72 Å². The monoisotopic (exact) mass is 283 g/mol. The van der Waals surface area contributed by atoms with Gasteiger partial charge in [0.25, 0.3) is 11.6 Å². The van der Waals surface area contributed by atoms with Crippen molar-refractivity contribution in [3.05, 3.63) is 38.9 Å². The zero-order valence-corrected chi connectivity index (χ0v) is 11.2.